The quantitative estimate of drug-likeness (QED) is 0.768. The molecular weight excluding hydrogens is 190 g/mol. The molecule has 0 amide bonds. The number of carbonyl (C=O) groups is 1. The topological polar surface area (TPSA) is 33.5 Å². The molecule has 1 heterocycles. The lowest BCUT2D eigenvalue weighted by Gasteiger charge is -2.15. The summed E-state index contributed by atoms with van der Waals surface area (Å²) in [5.74, 6) is 0.141. The number of rotatable bonds is 3. The largest absolute Gasteiger partial charge is 0.462 e. The van der Waals surface area contributed by atoms with Crippen molar-refractivity contribution < 1.29 is 9.21 Å². The first-order chi connectivity index (χ1) is 7.18. The third-order valence-corrected chi connectivity index (χ3v) is 2.33. The number of para-hydroxylation sites is 1. The Kier molecular flexibility index (Phi) is 2.46. The van der Waals surface area contributed by atoms with Crippen molar-refractivity contribution in [2.75, 3.05) is 18.5 Å². The van der Waals surface area contributed by atoms with Crippen LogP contribution >= 0.6 is 0 Å². The Balaban J connectivity index is 2.39. The van der Waals surface area contributed by atoms with E-state index >= 15 is 0 Å². The Morgan fingerprint density at radius 3 is 2.87 bits per heavy atom. The minimum Gasteiger partial charge on any atom is -0.462 e. The molecule has 2 aromatic rings. The lowest BCUT2D eigenvalue weighted by molar-refractivity contribution is -0.115. The van der Waals surface area contributed by atoms with Crippen molar-refractivity contribution in [3.8, 4) is 0 Å². The summed E-state index contributed by atoms with van der Waals surface area (Å²) < 4.78 is 5.40. The van der Waals surface area contributed by atoms with Gasteiger partial charge in [-0.1, -0.05) is 12.1 Å². The number of fused-ring (bicyclic) bond motifs is 1. The number of carbonyl (C=O) groups excluding carboxylic acids is 1. The van der Waals surface area contributed by atoms with Crippen molar-refractivity contribution in [3.05, 3.63) is 30.5 Å². The van der Waals surface area contributed by atoms with Crippen LogP contribution < -0.4 is 4.90 Å². The Bertz CT molecular complexity index is 487. The minimum absolute atomic E-state index is 0.141. The number of ketones is 1. The van der Waals surface area contributed by atoms with Crippen LogP contribution in [-0.4, -0.2) is 19.4 Å². The van der Waals surface area contributed by atoms with Crippen LogP contribution in [0.1, 0.15) is 6.92 Å². The van der Waals surface area contributed by atoms with Gasteiger partial charge in [-0.3, -0.25) is 4.79 Å². The molecule has 0 spiro atoms. The smallest absolute Gasteiger partial charge is 0.149 e. The fraction of sp³-hybridized carbons (Fsp3) is 0.250. The van der Waals surface area contributed by atoms with Crippen molar-refractivity contribution >= 4 is 22.4 Å². The molecular formula is C12H13NO2. The maximum absolute atomic E-state index is 11.0. The number of benzene rings is 1. The van der Waals surface area contributed by atoms with Crippen molar-refractivity contribution in [1.29, 1.82) is 0 Å². The Morgan fingerprint density at radius 2 is 2.13 bits per heavy atom. The third kappa shape index (κ3) is 1.86. The van der Waals surface area contributed by atoms with Crippen LogP contribution in [0.4, 0.5) is 5.69 Å². The van der Waals surface area contributed by atoms with Crippen LogP contribution in [-0.2, 0) is 4.79 Å². The summed E-state index contributed by atoms with van der Waals surface area (Å²) in [6.07, 6.45) is 1.69. The Hall–Kier alpha value is -1.77. The van der Waals surface area contributed by atoms with E-state index in [1.807, 2.05) is 36.2 Å². The summed E-state index contributed by atoms with van der Waals surface area (Å²) in [6, 6.07) is 7.80. The van der Waals surface area contributed by atoms with E-state index in [1.165, 1.54) is 0 Å². The van der Waals surface area contributed by atoms with Gasteiger partial charge in [-0.05, 0) is 19.1 Å². The number of likely N-dealkylation sites (N-methyl/N-ethyl adjacent to an activating group) is 1. The van der Waals surface area contributed by atoms with Gasteiger partial charge in [0.1, 0.15) is 17.6 Å². The predicted molar refractivity (Wildman–Crippen MR) is 60.2 cm³/mol. The number of hydrogen-bond donors (Lipinski definition) is 0. The fourth-order valence-corrected chi connectivity index (χ4v) is 1.68. The van der Waals surface area contributed by atoms with E-state index in [-0.39, 0.29) is 5.78 Å². The second-order valence-electron chi connectivity index (χ2n) is 3.68. The highest BCUT2D eigenvalue weighted by Crippen LogP contribution is 2.27. The average molecular weight is 203 g/mol. The molecule has 0 aliphatic rings. The van der Waals surface area contributed by atoms with E-state index in [2.05, 4.69) is 0 Å². The van der Waals surface area contributed by atoms with E-state index < -0.39 is 0 Å². The number of hydrogen-bond acceptors (Lipinski definition) is 3. The monoisotopic (exact) mass is 203 g/mol. The molecule has 0 atom stereocenters. The summed E-state index contributed by atoms with van der Waals surface area (Å²) >= 11 is 0. The van der Waals surface area contributed by atoms with Gasteiger partial charge in [-0.2, -0.15) is 0 Å². The van der Waals surface area contributed by atoms with E-state index in [0.29, 0.717) is 6.54 Å². The highest BCUT2D eigenvalue weighted by molar-refractivity contribution is 5.92. The highest BCUT2D eigenvalue weighted by Gasteiger charge is 2.10. The third-order valence-electron chi connectivity index (χ3n) is 2.33. The summed E-state index contributed by atoms with van der Waals surface area (Å²) in [5.41, 5.74) is 1.81. The molecule has 0 aliphatic carbocycles. The first-order valence-electron chi connectivity index (χ1n) is 4.85. The van der Waals surface area contributed by atoms with Crippen LogP contribution in [0.2, 0.25) is 0 Å². The van der Waals surface area contributed by atoms with Gasteiger partial charge in [0.05, 0.1) is 12.2 Å². The Labute approximate surface area is 88.3 Å². The van der Waals surface area contributed by atoms with Gasteiger partial charge in [-0.25, -0.2) is 0 Å². The van der Waals surface area contributed by atoms with Crippen LogP contribution in [0.3, 0.4) is 0 Å². The number of Topliss-reactive ketones (excluding diaryl/α,β-unsaturated/α-hetero) is 1. The van der Waals surface area contributed by atoms with Crippen molar-refractivity contribution in [3.63, 3.8) is 0 Å². The van der Waals surface area contributed by atoms with Crippen LogP contribution in [0.5, 0.6) is 0 Å². The molecule has 0 aliphatic heterocycles. The standard InChI is InChI=1S/C12H13NO2/c1-9(14)7-13(2)11-8-15-12-6-4-3-5-10(11)12/h3-6,8H,7H2,1-2H3. The van der Waals surface area contributed by atoms with Crippen LogP contribution in [0.15, 0.2) is 34.9 Å². The summed E-state index contributed by atoms with van der Waals surface area (Å²) in [4.78, 5) is 12.9. The molecule has 0 unspecified atom stereocenters. The number of furan rings is 1. The first-order valence-corrected chi connectivity index (χ1v) is 4.85. The second kappa shape index (κ2) is 3.77. The molecule has 0 saturated heterocycles. The maximum atomic E-state index is 11.0. The molecule has 2 rings (SSSR count). The van der Waals surface area contributed by atoms with Gasteiger partial charge < -0.3 is 9.32 Å². The lowest BCUT2D eigenvalue weighted by Crippen LogP contribution is -2.23. The van der Waals surface area contributed by atoms with E-state index in [9.17, 15) is 4.79 Å². The Morgan fingerprint density at radius 1 is 1.40 bits per heavy atom. The van der Waals surface area contributed by atoms with Crippen molar-refractivity contribution in [1.82, 2.24) is 0 Å². The fourth-order valence-electron chi connectivity index (χ4n) is 1.68. The van der Waals surface area contributed by atoms with Gasteiger partial charge in [-0.15, -0.1) is 0 Å². The zero-order valence-corrected chi connectivity index (χ0v) is 8.86. The van der Waals surface area contributed by atoms with Gasteiger partial charge in [0, 0.05) is 12.4 Å². The normalized spacial score (nSPS) is 10.5. The molecule has 1 aromatic carbocycles. The molecule has 1 aromatic heterocycles. The van der Waals surface area contributed by atoms with Gasteiger partial charge >= 0.3 is 0 Å². The van der Waals surface area contributed by atoms with E-state index in [0.717, 1.165) is 16.7 Å². The molecule has 0 saturated carbocycles. The summed E-state index contributed by atoms with van der Waals surface area (Å²) in [6.45, 7) is 1.99. The molecule has 3 heteroatoms. The zero-order valence-electron chi connectivity index (χ0n) is 8.86. The number of nitrogens with zero attached hydrogens (tertiary/aromatic N) is 1. The van der Waals surface area contributed by atoms with Crippen LogP contribution in [0, 0.1) is 0 Å². The first kappa shape index (κ1) is 9.77. The van der Waals surface area contributed by atoms with Gasteiger partial charge in [0.15, 0.2) is 0 Å². The number of anilines is 1. The van der Waals surface area contributed by atoms with Gasteiger partial charge in [0.25, 0.3) is 0 Å². The lowest BCUT2D eigenvalue weighted by atomic mass is 10.2. The molecule has 15 heavy (non-hydrogen) atoms. The molecule has 3 nitrogen and oxygen atoms in total. The minimum atomic E-state index is 0.141. The maximum Gasteiger partial charge on any atom is 0.149 e. The summed E-state index contributed by atoms with van der Waals surface area (Å²) in [7, 11) is 1.89. The molecule has 0 fully saturated rings. The van der Waals surface area contributed by atoms with Crippen LogP contribution in [0.25, 0.3) is 11.0 Å². The average Bonchev–Trinajstić information content (AvgIpc) is 2.59. The van der Waals surface area contributed by atoms with Crippen molar-refractivity contribution in [2.45, 2.75) is 6.92 Å². The zero-order chi connectivity index (χ0) is 10.8. The SMILES string of the molecule is CC(=O)CN(C)c1coc2ccccc12. The molecule has 0 N–H and O–H groups in total. The second-order valence-corrected chi connectivity index (χ2v) is 3.68. The summed E-state index contributed by atoms with van der Waals surface area (Å²) in [5, 5.41) is 1.04. The van der Waals surface area contributed by atoms with E-state index in [1.54, 1.807) is 13.2 Å². The molecule has 78 valence electrons. The van der Waals surface area contributed by atoms with Gasteiger partial charge in [0.2, 0.25) is 0 Å². The van der Waals surface area contributed by atoms with E-state index in [4.69, 9.17) is 4.42 Å². The highest BCUT2D eigenvalue weighted by atomic mass is 16.3. The van der Waals surface area contributed by atoms with Crippen molar-refractivity contribution in [2.24, 2.45) is 0 Å². The molecule has 0 radical (unpaired) electrons. The predicted octanol–water partition coefficient (Wildman–Crippen LogP) is 2.46. The molecule has 0 bridgehead atoms.